The number of nitrogens with one attached hydrogen (secondary N) is 1. The zero-order valence-electron chi connectivity index (χ0n) is 9.55. The predicted molar refractivity (Wildman–Crippen MR) is 65.7 cm³/mol. The summed E-state index contributed by atoms with van der Waals surface area (Å²) in [5.41, 5.74) is 4.76. The van der Waals surface area contributed by atoms with Crippen molar-refractivity contribution in [2.45, 2.75) is 45.6 Å². The highest BCUT2D eigenvalue weighted by atomic mass is 32.1. The molecule has 1 fully saturated rings. The fourth-order valence-electron chi connectivity index (χ4n) is 2.74. The van der Waals surface area contributed by atoms with Gasteiger partial charge in [-0.25, -0.2) is 0 Å². The van der Waals surface area contributed by atoms with E-state index in [-0.39, 0.29) is 0 Å². The summed E-state index contributed by atoms with van der Waals surface area (Å²) in [6.45, 7) is 4.54. The number of hydrazine groups is 1. The zero-order chi connectivity index (χ0) is 10.9. The molecule has 1 aliphatic rings. The first kappa shape index (κ1) is 11.1. The van der Waals surface area contributed by atoms with E-state index in [2.05, 4.69) is 30.7 Å². The van der Waals surface area contributed by atoms with Crippen LogP contribution in [0.5, 0.6) is 0 Å². The van der Waals surface area contributed by atoms with Crippen molar-refractivity contribution in [3.63, 3.8) is 0 Å². The molecule has 1 aromatic heterocycles. The SMILES string of the molecule is Cc1ccsc1C(NN)C1(C)CCCC1. The third-order valence-corrected chi connectivity index (χ3v) is 4.86. The lowest BCUT2D eigenvalue weighted by Gasteiger charge is -2.33. The number of aryl methyl sites for hydroxylation is 1. The van der Waals surface area contributed by atoms with Crippen molar-refractivity contribution in [2.75, 3.05) is 0 Å². The first-order chi connectivity index (χ1) is 7.17. The van der Waals surface area contributed by atoms with Crippen LogP contribution in [0.15, 0.2) is 11.4 Å². The molecule has 0 saturated heterocycles. The van der Waals surface area contributed by atoms with Gasteiger partial charge in [-0.1, -0.05) is 19.8 Å². The molecule has 0 radical (unpaired) electrons. The van der Waals surface area contributed by atoms with Crippen LogP contribution < -0.4 is 11.3 Å². The lowest BCUT2D eigenvalue weighted by Crippen LogP contribution is -2.38. The molecule has 2 nitrogen and oxygen atoms in total. The summed E-state index contributed by atoms with van der Waals surface area (Å²) in [4.78, 5) is 1.42. The molecule has 0 aliphatic heterocycles. The zero-order valence-corrected chi connectivity index (χ0v) is 10.4. The quantitative estimate of drug-likeness (QED) is 0.611. The first-order valence-corrected chi connectivity index (χ1v) is 6.55. The Labute approximate surface area is 95.8 Å². The van der Waals surface area contributed by atoms with Crippen LogP contribution in [0.4, 0.5) is 0 Å². The molecule has 0 bridgehead atoms. The monoisotopic (exact) mass is 224 g/mol. The highest BCUT2D eigenvalue weighted by Gasteiger charge is 2.38. The van der Waals surface area contributed by atoms with Crippen LogP contribution in [-0.2, 0) is 0 Å². The third-order valence-electron chi connectivity index (χ3n) is 3.77. The van der Waals surface area contributed by atoms with Gasteiger partial charge in [0.1, 0.15) is 0 Å². The van der Waals surface area contributed by atoms with E-state index in [1.165, 1.54) is 36.1 Å². The molecule has 84 valence electrons. The number of hydrogen-bond donors (Lipinski definition) is 2. The van der Waals surface area contributed by atoms with Gasteiger partial charge in [-0.15, -0.1) is 11.3 Å². The van der Waals surface area contributed by atoms with Gasteiger partial charge in [0.05, 0.1) is 6.04 Å². The summed E-state index contributed by atoms with van der Waals surface area (Å²) >= 11 is 1.83. The third kappa shape index (κ3) is 1.96. The maximum Gasteiger partial charge on any atom is 0.0609 e. The van der Waals surface area contributed by atoms with Crippen molar-refractivity contribution in [1.82, 2.24) is 5.43 Å². The van der Waals surface area contributed by atoms with Gasteiger partial charge in [0.15, 0.2) is 0 Å². The number of thiophene rings is 1. The Morgan fingerprint density at radius 1 is 1.47 bits per heavy atom. The second-order valence-corrected chi connectivity index (χ2v) is 5.88. The van der Waals surface area contributed by atoms with Gasteiger partial charge < -0.3 is 0 Å². The molecule has 2 rings (SSSR count). The number of rotatable bonds is 3. The Bertz CT molecular complexity index is 326. The fourth-order valence-corrected chi connectivity index (χ4v) is 3.91. The Kier molecular flexibility index (Phi) is 3.14. The van der Waals surface area contributed by atoms with E-state index in [9.17, 15) is 0 Å². The van der Waals surface area contributed by atoms with E-state index in [4.69, 9.17) is 5.84 Å². The molecule has 1 aliphatic carbocycles. The van der Waals surface area contributed by atoms with Gasteiger partial charge in [-0.2, -0.15) is 0 Å². The van der Waals surface area contributed by atoms with E-state index in [0.29, 0.717) is 11.5 Å². The molecule has 0 amide bonds. The van der Waals surface area contributed by atoms with Crippen LogP contribution in [0.3, 0.4) is 0 Å². The summed E-state index contributed by atoms with van der Waals surface area (Å²) in [7, 11) is 0. The summed E-state index contributed by atoms with van der Waals surface area (Å²) in [6.07, 6.45) is 5.27. The molecular formula is C12H20N2S. The average molecular weight is 224 g/mol. The minimum absolute atomic E-state index is 0.333. The molecule has 0 spiro atoms. The summed E-state index contributed by atoms with van der Waals surface area (Å²) in [5.74, 6) is 5.75. The van der Waals surface area contributed by atoms with Crippen molar-refractivity contribution < 1.29 is 0 Å². The van der Waals surface area contributed by atoms with Crippen molar-refractivity contribution in [3.05, 3.63) is 21.9 Å². The van der Waals surface area contributed by atoms with Gasteiger partial charge in [-0.05, 0) is 42.2 Å². The number of hydrogen-bond acceptors (Lipinski definition) is 3. The summed E-state index contributed by atoms with van der Waals surface area (Å²) in [5, 5.41) is 2.16. The highest BCUT2D eigenvalue weighted by Crippen LogP contribution is 2.48. The molecule has 1 aromatic rings. The van der Waals surface area contributed by atoms with Crippen molar-refractivity contribution in [2.24, 2.45) is 11.3 Å². The van der Waals surface area contributed by atoms with Crippen LogP contribution in [0.2, 0.25) is 0 Å². The van der Waals surface area contributed by atoms with Gasteiger partial charge in [-0.3, -0.25) is 11.3 Å². The van der Waals surface area contributed by atoms with Crippen LogP contribution in [0.1, 0.15) is 49.1 Å². The van der Waals surface area contributed by atoms with Gasteiger partial charge in [0.25, 0.3) is 0 Å². The molecular weight excluding hydrogens is 204 g/mol. The number of nitrogens with two attached hydrogens (primary N) is 1. The predicted octanol–water partition coefficient (Wildman–Crippen LogP) is 3.14. The van der Waals surface area contributed by atoms with Crippen molar-refractivity contribution in [3.8, 4) is 0 Å². The average Bonchev–Trinajstić information content (AvgIpc) is 2.79. The van der Waals surface area contributed by atoms with E-state index in [1.807, 2.05) is 11.3 Å². The molecule has 0 aromatic carbocycles. The minimum atomic E-state index is 0.333. The second-order valence-electron chi connectivity index (χ2n) is 4.93. The van der Waals surface area contributed by atoms with Crippen LogP contribution in [0, 0.1) is 12.3 Å². The van der Waals surface area contributed by atoms with Gasteiger partial charge in [0.2, 0.25) is 0 Å². The summed E-state index contributed by atoms with van der Waals surface area (Å²) < 4.78 is 0. The van der Waals surface area contributed by atoms with E-state index < -0.39 is 0 Å². The Morgan fingerprint density at radius 2 is 2.13 bits per heavy atom. The topological polar surface area (TPSA) is 38.0 Å². The maximum absolute atomic E-state index is 5.75. The van der Waals surface area contributed by atoms with Gasteiger partial charge >= 0.3 is 0 Å². The molecule has 1 unspecified atom stereocenters. The normalized spacial score (nSPS) is 21.8. The molecule has 1 heterocycles. The Morgan fingerprint density at radius 3 is 2.60 bits per heavy atom. The van der Waals surface area contributed by atoms with E-state index in [1.54, 1.807) is 0 Å². The molecule has 1 atom stereocenters. The molecule has 15 heavy (non-hydrogen) atoms. The molecule has 1 saturated carbocycles. The lowest BCUT2D eigenvalue weighted by molar-refractivity contribution is 0.227. The Hall–Kier alpha value is -0.380. The largest absolute Gasteiger partial charge is 0.271 e. The van der Waals surface area contributed by atoms with Crippen LogP contribution in [-0.4, -0.2) is 0 Å². The highest BCUT2D eigenvalue weighted by molar-refractivity contribution is 7.10. The molecule has 3 N–H and O–H groups in total. The first-order valence-electron chi connectivity index (χ1n) is 5.67. The smallest absolute Gasteiger partial charge is 0.0609 e. The standard InChI is InChI=1S/C12H20N2S/c1-9-5-8-15-10(9)11(14-13)12(2)6-3-4-7-12/h5,8,11,14H,3-4,6-7,13H2,1-2H3. The summed E-state index contributed by atoms with van der Waals surface area (Å²) in [6, 6.07) is 2.52. The van der Waals surface area contributed by atoms with Crippen LogP contribution >= 0.6 is 11.3 Å². The van der Waals surface area contributed by atoms with E-state index in [0.717, 1.165) is 0 Å². The molecule has 3 heteroatoms. The second kappa shape index (κ2) is 4.24. The fraction of sp³-hybridized carbons (Fsp3) is 0.667. The van der Waals surface area contributed by atoms with Crippen LogP contribution in [0.25, 0.3) is 0 Å². The Balaban J connectivity index is 2.27. The van der Waals surface area contributed by atoms with Gasteiger partial charge in [0, 0.05) is 4.88 Å². The van der Waals surface area contributed by atoms with Crippen molar-refractivity contribution in [1.29, 1.82) is 0 Å². The maximum atomic E-state index is 5.75. The lowest BCUT2D eigenvalue weighted by atomic mass is 9.79. The minimum Gasteiger partial charge on any atom is -0.271 e. The van der Waals surface area contributed by atoms with E-state index >= 15 is 0 Å². The van der Waals surface area contributed by atoms with Crippen molar-refractivity contribution >= 4 is 11.3 Å².